The van der Waals surface area contributed by atoms with Crippen molar-refractivity contribution in [1.29, 1.82) is 0 Å². The lowest BCUT2D eigenvalue weighted by Gasteiger charge is -2.41. The highest BCUT2D eigenvalue weighted by Crippen LogP contribution is 2.32. The highest BCUT2D eigenvalue weighted by molar-refractivity contribution is 6.05. The van der Waals surface area contributed by atoms with E-state index in [4.69, 9.17) is 9.72 Å². The number of aryl methyl sites for hydroxylation is 2. The molecule has 14 nitrogen and oxygen atoms in total. The quantitative estimate of drug-likeness (QED) is 0.0675. The Morgan fingerprint density at radius 3 is 2.63 bits per heavy atom. The van der Waals surface area contributed by atoms with Gasteiger partial charge in [0.2, 0.25) is 23.6 Å². The van der Waals surface area contributed by atoms with Gasteiger partial charge >= 0.3 is 0 Å². The van der Waals surface area contributed by atoms with E-state index in [1.54, 1.807) is 23.0 Å². The average molecular weight is 811 g/mol. The van der Waals surface area contributed by atoms with Crippen LogP contribution in [0.1, 0.15) is 80.4 Å². The zero-order valence-corrected chi connectivity index (χ0v) is 34.2. The van der Waals surface area contributed by atoms with Gasteiger partial charge in [-0.3, -0.25) is 34.9 Å². The van der Waals surface area contributed by atoms with Crippen molar-refractivity contribution in [3.8, 4) is 17.1 Å². The summed E-state index contributed by atoms with van der Waals surface area (Å²) < 4.78 is 37.8. The second kappa shape index (κ2) is 17.9. The number of fused-ring (bicyclic) bond motifs is 1. The third kappa shape index (κ3) is 9.54. The molecule has 59 heavy (non-hydrogen) atoms. The van der Waals surface area contributed by atoms with Crippen molar-refractivity contribution in [3.05, 3.63) is 77.1 Å². The van der Waals surface area contributed by atoms with E-state index in [0.717, 1.165) is 61.2 Å². The van der Waals surface area contributed by atoms with E-state index in [1.165, 1.54) is 12.1 Å². The smallest absolute Gasteiger partial charge is 0.258 e. The predicted molar refractivity (Wildman–Crippen MR) is 223 cm³/mol. The Balaban J connectivity index is 0.935. The van der Waals surface area contributed by atoms with E-state index in [2.05, 4.69) is 61.6 Å². The number of aromatic nitrogens is 5. The third-order valence-electron chi connectivity index (χ3n) is 11.3. The number of carbonyl (C=O) groups excluding carboxylic acids is 3. The number of nitrogens with one attached hydrogen (secondary N) is 4. The van der Waals surface area contributed by atoms with Crippen molar-refractivity contribution >= 4 is 46.1 Å². The van der Waals surface area contributed by atoms with E-state index in [1.807, 2.05) is 32.2 Å². The van der Waals surface area contributed by atoms with Crippen LogP contribution in [0.2, 0.25) is 0 Å². The maximum Gasteiger partial charge on any atom is 0.258 e. The fourth-order valence-electron chi connectivity index (χ4n) is 7.90. The maximum absolute atomic E-state index is 15.0. The SMILES string of the molecule is CC[C@H](C)CCCOc1c(-c2cc(C(=O)Nc3nc4ccc(N5CCN(CCNc6cc(F)c([C@H]7CCC(=O)NC7=O)c(F)c6)C[C@@H]5C)cc4[nH]3)cc(C)n2)cnn1C. The molecule has 2 aromatic carbocycles. The number of carbonyl (C=O) groups is 3. The first kappa shape index (κ1) is 41.3. The van der Waals surface area contributed by atoms with E-state index in [0.29, 0.717) is 60.1 Å². The standard InChI is InChI=1S/C43H52F2N10O4/c1-6-25(2)8-7-17-59-42-32(23-47-53(42)5)36-19-28(18-26(3)48-36)40(57)52-43-49-35-11-9-30(22-37(35)50-43)55-16-15-54(24-27(55)4)14-13-46-29-20-33(44)39(34(45)21-29)31-10-12-38(56)51-41(31)58/h9,11,18-23,25,27,31,46H,6-8,10,12-17,24H2,1-5H3,(H,51,56,58)(H2,49,50,52,57)/t25-,27-,31+/m0/s1. The van der Waals surface area contributed by atoms with E-state index < -0.39 is 29.4 Å². The van der Waals surface area contributed by atoms with Crippen LogP contribution in [0.5, 0.6) is 5.88 Å². The van der Waals surface area contributed by atoms with Gasteiger partial charge in [-0.25, -0.2) is 18.4 Å². The van der Waals surface area contributed by atoms with Crippen molar-refractivity contribution in [1.82, 2.24) is 34.9 Å². The topological polar surface area (TPSA) is 162 Å². The summed E-state index contributed by atoms with van der Waals surface area (Å²) in [7, 11) is 1.83. The van der Waals surface area contributed by atoms with Gasteiger partial charge in [-0.05, 0) is 81.5 Å². The van der Waals surface area contributed by atoms with Crippen molar-refractivity contribution < 1.29 is 27.9 Å². The summed E-state index contributed by atoms with van der Waals surface area (Å²) >= 11 is 0. The first-order valence-corrected chi connectivity index (χ1v) is 20.4. The first-order valence-electron chi connectivity index (χ1n) is 20.4. The zero-order chi connectivity index (χ0) is 41.8. The molecule has 2 fully saturated rings. The second-order valence-corrected chi connectivity index (χ2v) is 15.7. The number of pyridine rings is 1. The Labute approximate surface area is 342 Å². The molecule has 0 unspecified atom stereocenters. The molecule has 0 bridgehead atoms. The Bertz CT molecular complexity index is 2320. The number of benzene rings is 2. The Morgan fingerprint density at radius 2 is 1.88 bits per heavy atom. The summed E-state index contributed by atoms with van der Waals surface area (Å²) in [6.45, 7) is 12.5. The molecule has 0 aliphatic carbocycles. The minimum atomic E-state index is -1.03. The monoisotopic (exact) mass is 810 g/mol. The van der Waals surface area contributed by atoms with Gasteiger partial charge in [-0.2, -0.15) is 5.10 Å². The number of H-pyrrole nitrogens is 1. The lowest BCUT2D eigenvalue weighted by atomic mass is 9.89. The molecule has 312 valence electrons. The lowest BCUT2D eigenvalue weighted by Crippen LogP contribution is -2.52. The number of imide groups is 1. The minimum absolute atomic E-state index is 0.0407. The molecular weight excluding hydrogens is 759 g/mol. The van der Waals surface area contributed by atoms with Crippen LogP contribution in [0.25, 0.3) is 22.3 Å². The average Bonchev–Trinajstić information content (AvgIpc) is 3.78. The first-order chi connectivity index (χ1) is 28.4. The molecule has 7 rings (SSSR count). The van der Waals surface area contributed by atoms with E-state index >= 15 is 0 Å². The van der Waals surface area contributed by atoms with Crippen LogP contribution in [-0.2, 0) is 16.6 Å². The molecule has 16 heteroatoms. The number of ether oxygens (including phenoxy) is 1. The van der Waals surface area contributed by atoms with Crippen LogP contribution in [-0.4, -0.2) is 92.7 Å². The highest BCUT2D eigenvalue weighted by atomic mass is 19.1. The number of imidazole rings is 1. The molecule has 3 amide bonds. The Hall–Kier alpha value is -5.90. The number of amides is 3. The van der Waals surface area contributed by atoms with Crippen molar-refractivity contribution in [3.63, 3.8) is 0 Å². The van der Waals surface area contributed by atoms with Gasteiger partial charge in [-0.1, -0.05) is 20.3 Å². The van der Waals surface area contributed by atoms with Crippen molar-refractivity contribution in [2.75, 3.05) is 54.9 Å². The van der Waals surface area contributed by atoms with Crippen LogP contribution >= 0.6 is 0 Å². The number of nitrogens with zero attached hydrogens (tertiary/aromatic N) is 6. The van der Waals surface area contributed by atoms with Crippen molar-refractivity contribution in [2.45, 2.75) is 71.8 Å². The molecular formula is C43H52F2N10O4. The molecule has 2 saturated heterocycles. The summed E-state index contributed by atoms with van der Waals surface area (Å²) in [6, 6.07) is 12.1. The van der Waals surface area contributed by atoms with Crippen LogP contribution in [0.3, 0.4) is 0 Å². The lowest BCUT2D eigenvalue weighted by molar-refractivity contribution is -0.134. The Morgan fingerprint density at radius 1 is 1.08 bits per heavy atom. The number of hydrogen-bond acceptors (Lipinski definition) is 10. The molecule has 2 aliphatic rings. The van der Waals surface area contributed by atoms with Crippen molar-refractivity contribution in [2.24, 2.45) is 13.0 Å². The van der Waals surface area contributed by atoms with E-state index in [9.17, 15) is 23.2 Å². The molecule has 5 aromatic rings. The van der Waals surface area contributed by atoms with Crippen LogP contribution in [0.15, 0.2) is 48.7 Å². The molecule has 4 N–H and O–H groups in total. The molecule has 5 heterocycles. The van der Waals surface area contributed by atoms with Crippen LogP contribution < -0.4 is 25.6 Å². The van der Waals surface area contributed by atoms with Crippen LogP contribution in [0.4, 0.5) is 26.1 Å². The fraction of sp³-hybridized carbons (Fsp3) is 0.442. The summed E-state index contributed by atoms with van der Waals surface area (Å²) in [5.74, 6) is -2.50. The summed E-state index contributed by atoms with van der Waals surface area (Å²) in [5.41, 5.74) is 4.96. The summed E-state index contributed by atoms with van der Waals surface area (Å²) in [5, 5.41) is 12.6. The van der Waals surface area contributed by atoms with Gasteiger partial charge in [0.15, 0.2) is 0 Å². The van der Waals surface area contributed by atoms with Crippen LogP contribution in [0, 0.1) is 24.5 Å². The fourth-order valence-corrected chi connectivity index (χ4v) is 7.90. The van der Waals surface area contributed by atoms with Gasteiger partial charge in [0.25, 0.3) is 5.91 Å². The largest absolute Gasteiger partial charge is 0.477 e. The van der Waals surface area contributed by atoms with E-state index in [-0.39, 0.29) is 30.4 Å². The molecule has 3 atom stereocenters. The third-order valence-corrected chi connectivity index (χ3v) is 11.3. The summed E-state index contributed by atoms with van der Waals surface area (Å²) in [6.07, 6.45) is 4.99. The van der Waals surface area contributed by atoms with Gasteiger partial charge in [0, 0.05) is 80.4 Å². The van der Waals surface area contributed by atoms with Gasteiger partial charge in [0.1, 0.15) is 11.6 Å². The zero-order valence-electron chi connectivity index (χ0n) is 34.2. The number of anilines is 3. The van der Waals surface area contributed by atoms with Gasteiger partial charge in [0.05, 0.1) is 41.0 Å². The molecule has 0 spiro atoms. The minimum Gasteiger partial charge on any atom is -0.477 e. The molecule has 3 aromatic heterocycles. The highest BCUT2D eigenvalue weighted by Gasteiger charge is 2.33. The molecule has 0 saturated carbocycles. The number of aromatic amines is 1. The molecule has 0 radical (unpaired) electrons. The van der Waals surface area contributed by atoms with Gasteiger partial charge < -0.3 is 19.9 Å². The Kier molecular flexibility index (Phi) is 12.5. The predicted octanol–water partition coefficient (Wildman–Crippen LogP) is 6.55. The second-order valence-electron chi connectivity index (χ2n) is 15.7. The number of rotatable bonds is 15. The number of hydrogen-bond donors (Lipinski definition) is 4. The number of halogens is 2. The normalized spacial score (nSPS) is 17.9. The maximum atomic E-state index is 15.0. The summed E-state index contributed by atoms with van der Waals surface area (Å²) in [4.78, 5) is 54.5. The van der Waals surface area contributed by atoms with Gasteiger partial charge in [-0.15, -0.1) is 0 Å². The number of piperidine rings is 1. The number of piperazine rings is 1. The molecule has 2 aliphatic heterocycles.